The van der Waals surface area contributed by atoms with E-state index in [4.69, 9.17) is 4.74 Å². The maximum Gasteiger partial charge on any atom is 0.170 e. The molecule has 0 saturated heterocycles. The number of fused-ring (bicyclic) bond motifs is 2. The monoisotopic (exact) mass is 749 g/mol. The summed E-state index contributed by atoms with van der Waals surface area (Å²) in [7, 11) is 0. The number of hydrogen-bond donors (Lipinski definition) is 0. The van der Waals surface area contributed by atoms with Crippen LogP contribution in [0, 0.1) is 44.1 Å². The van der Waals surface area contributed by atoms with Crippen LogP contribution in [0.1, 0.15) is 56.2 Å². The Hall–Kier alpha value is -3.91. The third-order valence-corrected chi connectivity index (χ3v) is 12.4. The van der Waals surface area contributed by atoms with E-state index in [1.54, 1.807) is 19.9 Å². The summed E-state index contributed by atoms with van der Waals surface area (Å²) in [6, 6.07) is 15.5. The Morgan fingerprint density at radius 3 is 1.82 bits per heavy atom. The first-order chi connectivity index (χ1) is 24.2. The molecule has 4 heterocycles. The molecule has 0 aliphatic heterocycles. The van der Waals surface area contributed by atoms with Gasteiger partial charge in [-0.25, -0.2) is 13.2 Å². The summed E-state index contributed by atoms with van der Waals surface area (Å²) < 4.78 is 69.7. The Kier molecular flexibility index (Phi) is 9.93. The highest BCUT2D eigenvalue weighted by atomic mass is 32.1. The molecule has 1 unspecified atom stereocenters. The molecule has 3 aromatic carbocycles. The third-order valence-electron chi connectivity index (χ3n) is 9.18. The van der Waals surface area contributed by atoms with Gasteiger partial charge in [0, 0.05) is 32.1 Å². The molecule has 13 heteroatoms. The van der Waals surface area contributed by atoms with E-state index in [1.165, 1.54) is 36.0 Å². The van der Waals surface area contributed by atoms with Crippen molar-refractivity contribution < 1.29 is 17.9 Å². The summed E-state index contributed by atoms with van der Waals surface area (Å²) in [5, 5.41) is 1.62. The molecule has 1 atom stereocenters. The molecule has 0 saturated carbocycles. The molecule has 6 nitrogen and oxygen atoms in total. The second-order valence-corrected chi connectivity index (χ2v) is 15.5. The van der Waals surface area contributed by atoms with E-state index < -0.39 is 11.6 Å². The fourth-order valence-corrected chi connectivity index (χ4v) is 9.70. The summed E-state index contributed by atoms with van der Waals surface area (Å²) in [5.41, 5.74) is 4.75. The van der Waals surface area contributed by atoms with Gasteiger partial charge in [-0.3, -0.25) is 4.90 Å². The van der Waals surface area contributed by atoms with Gasteiger partial charge < -0.3 is 4.74 Å². The highest BCUT2D eigenvalue weighted by Gasteiger charge is 2.26. The molecule has 0 bridgehead atoms. The fourth-order valence-electron chi connectivity index (χ4n) is 6.21. The minimum atomic E-state index is -0.940. The molecule has 258 valence electrons. The van der Waals surface area contributed by atoms with E-state index in [0.29, 0.717) is 56.2 Å². The molecule has 0 spiro atoms. The molecular weight excluding hydrogens is 716 g/mol. The number of halogens is 3. The molecule has 7 aromatic rings. The van der Waals surface area contributed by atoms with E-state index in [-0.39, 0.29) is 16.9 Å². The van der Waals surface area contributed by atoms with Crippen molar-refractivity contribution in [1.29, 1.82) is 0 Å². The number of aryl methyl sites for hydroxylation is 2. The van der Waals surface area contributed by atoms with Gasteiger partial charge in [0.2, 0.25) is 0 Å². The number of rotatable bonds is 12. The van der Waals surface area contributed by atoms with E-state index in [9.17, 15) is 0 Å². The zero-order valence-electron chi connectivity index (χ0n) is 28.1. The Labute approximate surface area is 304 Å². The van der Waals surface area contributed by atoms with Crippen LogP contribution in [0.2, 0.25) is 0 Å². The molecule has 0 N–H and O–H groups in total. The number of thiophene rings is 2. The topological polar surface area (TPSA) is 64.0 Å². The SMILES string of the molecule is CCCCC(CC)COc1ccc(N(c2ccc(-c3c(C)c(F)c(C)c4nsnc34)s2)c2ccc(-c3c(F)c(F)c(C)c4nsnc34)s2)cc1. The van der Waals surface area contributed by atoms with Crippen LogP contribution < -0.4 is 9.64 Å². The van der Waals surface area contributed by atoms with Crippen molar-refractivity contribution in [1.82, 2.24) is 17.5 Å². The number of anilines is 3. The molecular formula is C37H34F3N5OS4. The average molecular weight is 750 g/mol. The number of hydrogen-bond acceptors (Lipinski definition) is 10. The lowest BCUT2D eigenvalue weighted by Gasteiger charge is -2.22. The van der Waals surface area contributed by atoms with Crippen LogP contribution >= 0.6 is 46.1 Å². The van der Waals surface area contributed by atoms with Gasteiger partial charge in [-0.1, -0.05) is 33.1 Å². The van der Waals surface area contributed by atoms with Crippen molar-refractivity contribution in [3.63, 3.8) is 0 Å². The van der Waals surface area contributed by atoms with E-state index in [2.05, 4.69) is 36.2 Å². The predicted molar refractivity (Wildman–Crippen MR) is 203 cm³/mol. The first-order valence-corrected chi connectivity index (χ1v) is 19.5. The van der Waals surface area contributed by atoms with Gasteiger partial charge in [0.25, 0.3) is 0 Å². The van der Waals surface area contributed by atoms with Gasteiger partial charge in [0.1, 0.15) is 43.6 Å². The van der Waals surface area contributed by atoms with Crippen LogP contribution in [-0.2, 0) is 0 Å². The minimum absolute atomic E-state index is 0.0985. The first kappa shape index (κ1) is 34.5. The van der Waals surface area contributed by atoms with E-state index in [1.807, 2.05) is 42.5 Å². The Balaban J connectivity index is 1.30. The number of nitrogens with zero attached hydrogens (tertiary/aromatic N) is 5. The van der Waals surface area contributed by atoms with Gasteiger partial charge in [0.05, 0.1) is 35.6 Å². The second kappa shape index (κ2) is 14.4. The third kappa shape index (κ3) is 6.18. The van der Waals surface area contributed by atoms with Crippen molar-refractivity contribution in [3.05, 3.63) is 82.7 Å². The van der Waals surface area contributed by atoms with E-state index in [0.717, 1.165) is 69.0 Å². The molecule has 7 rings (SSSR count). The summed E-state index contributed by atoms with van der Waals surface area (Å²) in [6.45, 7) is 10.1. The second-order valence-electron chi connectivity index (χ2n) is 12.3. The van der Waals surface area contributed by atoms with Crippen LogP contribution in [-0.4, -0.2) is 24.1 Å². The van der Waals surface area contributed by atoms with Crippen LogP contribution in [0.25, 0.3) is 42.9 Å². The van der Waals surface area contributed by atoms with Gasteiger partial charge in [0.15, 0.2) is 11.6 Å². The number of unbranched alkanes of at least 4 members (excludes halogenated alkanes) is 1. The lowest BCUT2D eigenvalue weighted by Crippen LogP contribution is -2.11. The van der Waals surface area contributed by atoms with Gasteiger partial charge in [-0.05, 0) is 87.2 Å². The van der Waals surface area contributed by atoms with E-state index >= 15 is 13.2 Å². The Morgan fingerprint density at radius 1 is 0.660 bits per heavy atom. The zero-order chi connectivity index (χ0) is 35.1. The van der Waals surface area contributed by atoms with Crippen molar-refractivity contribution >= 4 is 83.9 Å². The molecule has 0 fully saturated rings. The van der Waals surface area contributed by atoms with Crippen LogP contribution in [0.3, 0.4) is 0 Å². The summed E-state index contributed by atoms with van der Waals surface area (Å²) in [6.07, 6.45) is 4.56. The summed E-state index contributed by atoms with van der Waals surface area (Å²) in [4.78, 5) is 3.44. The van der Waals surface area contributed by atoms with Crippen molar-refractivity contribution in [2.75, 3.05) is 11.5 Å². The molecule has 0 aliphatic rings. The van der Waals surface area contributed by atoms with Gasteiger partial charge in [-0.2, -0.15) is 17.5 Å². The summed E-state index contributed by atoms with van der Waals surface area (Å²) in [5.74, 6) is -0.873. The first-order valence-electron chi connectivity index (χ1n) is 16.5. The molecule has 0 aliphatic carbocycles. The average Bonchev–Trinajstić information content (AvgIpc) is 3.96. The van der Waals surface area contributed by atoms with Crippen LogP contribution in [0.5, 0.6) is 5.75 Å². The zero-order valence-corrected chi connectivity index (χ0v) is 31.4. The molecule has 0 radical (unpaired) electrons. The maximum absolute atomic E-state index is 15.6. The van der Waals surface area contributed by atoms with Gasteiger partial charge >= 0.3 is 0 Å². The maximum atomic E-state index is 15.6. The molecule has 0 amide bonds. The Morgan fingerprint density at radius 2 is 1.22 bits per heavy atom. The van der Waals surface area contributed by atoms with Crippen molar-refractivity contribution in [2.24, 2.45) is 5.92 Å². The normalized spacial score (nSPS) is 12.3. The highest BCUT2D eigenvalue weighted by Crippen LogP contribution is 2.49. The quantitative estimate of drug-likeness (QED) is 0.124. The number of aromatic nitrogens is 4. The Bertz CT molecular complexity index is 2180. The highest BCUT2D eigenvalue weighted by molar-refractivity contribution is 7.22. The van der Waals surface area contributed by atoms with Crippen LogP contribution in [0.4, 0.5) is 28.9 Å². The molecule has 50 heavy (non-hydrogen) atoms. The largest absolute Gasteiger partial charge is 0.493 e. The number of ether oxygens (including phenoxy) is 1. The van der Waals surface area contributed by atoms with Crippen LogP contribution in [0.15, 0.2) is 48.5 Å². The smallest absolute Gasteiger partial charge is 0.170 e. The van der Waals surface area contributed by atoms with Gasteiger partial charge in [-0.15, -0.1) is 22.7 Å². The molecule has 4 aromatic heterocycles. The summed E-state index contributed by atoms with van der Waals surface area (Å²) >= 11 is 4.82. The lowest BCUT2D eigenvalue weighted by molar-refractivity contribution is 0.233. The fraction of sp³-hybridized carbons (Fsp3) is 0.297. The van der Waals surface area contributed by atoms with Crippen molar-refractivity contribution in [2.45, 2.75) is 60.3 Å². The number of benzene rings is 3. The minimum Gasteiger partial charge on any atom is -0.493 e. The van der Waals surface area contributed by atoms with Crippen molar-refractivity contribution in [3.8, 4) is 26.6 Å². The lowest BCUT2D eigenvalue weighted by atomic mass is 10.0. The standard InChI is InChI=1S/C37H34F3N5OS4/c1-6-8-9-22(7-2)18-46-24-12-10-23(11-13-24)45(27-16-14-25(47-27)29-19(3)31(38)20(4)34-36(29)43-49-41-34)28-17-15-26(48-28)30-33(40)32(39)21(5)35-37(30)44-50-42-35/h10-17,22H,6-9,18H2,1-5H3. The predicted octanol–water partition coefficient (Wildman–Crippen LogP) is 12.6.